The summed E-state index contributed by atoms with van der Waals surface area (Å²) in [6.07, 6.45) is -7.75. The van der Waals surface area contributed by atoms with E-state index < -0.39 is 103 Å². The third-order valence-electron chi connectivity index (χ3n) is 16.4. The highest BCUT2D eigenvalue weighted by Crippen LogP contribution is 2.75. The fraction of sp³-hybridized carbons (Fsp3) is 0.929. The van der Waals surface area contributed by atoms with Crippen molar-refractivity contribution in [1.29, 1.82) is 0 Å². The quantitative estimate of drug-likeness (QED) is 0.134. The zero-order valence-electron chi connectivity index (χ0n) is 34.5. The van der Waals surface area contributed by atoms with E-state index in [1.807, 2.05) is 0 Å². The highest BCUT2D eigenvalue weighted by Gasteiger charge is 2.70. The number of rotatable bonds is 11. The van der Waals surface area contributed by atoms with Gasteiger partial charge in [-0.05, 0) is 93.3 Å². The third kappa shape index (κ3) is 7.17. The van der Waals surface area contributed by atoms with Crippen molar-refractivity contribution < 1.29 is 69.7 Å². The zero-order chi connectivity index (χ0) is 41.5. The maximum Gasteiger partial charge on any atom is 0.187 e. The van der Waals surface area contributed by atoms with Crippen LogP contribution >= 0.6 is 0 Å². The summed E-state index contributed by atoms with van der Waals surface area (Å²) in [6.45, 7) is 15.5. The lowest BCUT2D eigenvalue weighted by atomic mass is 9.38. The Balaban J connectivity index is 1.16. The molecule has 0 aromatic heterocycles. The molecule has 19 unspecified atom stereocenters. The first kappa shape index (κ1) is 44.4. The van der Waals surface area contributed by atoms with E-state index in [1.54, 1.807) is 13.8 Å². The number of fused-ring (bicyclic) bond motifs is 5. The SMILES string of the molecule is CC(CCC(=O)C(C)(C)O)C1CCC2(C)C3CC=C4C(CCC(OC5OC(COC6OC(CO)C(O)C(O)C6O)C(O)C(O)C5O)C4(C)C)C3(C)C(O)CC12C. The fourth-order valence-electron chi connectivity index (χ4n) is 12.5. The number of carbonyl (C=O) groups excluding carboxylic acids is 1. The van der Waals surface area contributed by atoms with Gasteiger partial charge in [0.25, 0.3) is 0 Å². The minimum absolute atomic E-state index is 0.0383. The molecule has 14 heteroatoms. The molecular formula is C42H70O14. The molecule has 0 aromatic carbocycles. The Bertz CT molecular complexity index is 1450. The predicted molar refractivity (Wildman–Crippen MR) is 201 cm³/mol. The van der Waals surface area contributed by atoms with Crippen molar-refractivity contribution >= 4 is 5.78 Å². The van der Waals surface area contributed by atoms with Gasteiger partial charge in [0.05, 0.1) is 25.4 Å². The van der Waals surface area contributed by atoms with E-state index in [4.69, 9.17) is 18.9 Å². The van der Waals surface area contributed by atoms with Crippen LogP contribution in [0.4, 0.5) is 0 Å². The van der Waals surface area contributed by atoms with Crippen LogP contribution in [-0.2, 0) is 23.7 Å². The molecule has 0 aromatic rings. The number of carbonyl (C=O) groups is 1. The van der Waals surface area contributed by atoms with Crippen LogP contribution in [0.15, 0.2) is 11.6 Å². The summed E-state index contributed by atoms with van der Waals surface area (Å²) in [5.41, 5.74) is -1.26. The molecule has 4 aliphatic carbocycles. The standard InChI is InChI=1S/C42H70O14/c1-20(9-13-27(44)39(4,5)52)21-15-16-40(6)26-12-10-22-23(42(26,8)28(45)17-41(21,40)7)11-14-29(38(22,2)3)56-37-35(51)33(49)31(47)25(55-37)19-53-36-34(50)32(48)30(46)24(18-43)54-36/h10,20-21,23-26,28-37,43,45-52H,9,11-19H2,1-8H3. The van der Waals surface area contributed by atoms with Crippen LogP contribution in [0.25, 0.3) is 0 Å². The first-order chi connectivity index (χ1) is 25.9. The summed E-state index contributed by atoms with van der Waals surface area (Å²) in [5.74, 6) is 0.775. The van der Waals surface area contributed by atoms with Gasteiger partial charge in [0.1, 0.15) is 54.4 Å². The van der Waals surface area contributed by atoms with E-state index in [0.29, 0.717) is 31.6 Å². The van der Waals surface area contributed by atoms with Crippen LogP contribution in [-0.4, -0.2) is 144 Å². The van der Waals surface area contributed by atoms with Crippen LogP contribution in [0.2, 0.25) is 0 Å². The minimum atomic E-state index is -1.67. The smallest absolute Gasteiger partial charge is 0.187 e. The summed E-state index contributed by atoms with van der Waals surface area (Å²) in [4.78, 5) is 12.6. The Labute approximate surface area is 331 Å². The van der Waals surface area contributed by atoms with E-state index in [0.717, 1.165) is 25.7 Å². The molecule has 0 amide bonds. The number of Topliss-reactive ketones (excluding diaryl/α,β-unsaturated/α-hetero) is 1. The van der Waals surface area contributed by atoms with Gasteiger partial charge < -0.3 is 64.9 Å². The second-order valence-electron chi connectivity index (χ2n) is 20.0. The first-order valence-electron chi connectivity index (χ1n) is 20.9. The Morgan fingerprint density at radius 3 is 2.09 bits per heavy atom. The molecule has 322 valence electrons. The van der Waals surface area contributed by atoms with Gasteiger partial charge in [-0.25, -0.2) is 0 Å². The second kappa shape index (κ2) is 15.7. The summed E-state index contributed by atoms with van der Waals surface area (Å²) in [7, 11) is 0. The molecular weight excluding hydrogens is 728 g/mol. The Kier molecular flexibility index (Phi) is 12.5. The second-order valence-corrected chi connectivity index (χ2v) is 20.0. The van der Waals surface area contributed by atoms with Crippen molar-refractivity contribution in [3.8, 4) is 0 Å². The summed E-state index contributed by atoms with van der Waals surface area (Å²) in [5, 5.41) is 95.5. The molecule has 0 bridgehead atoms. The lowest BCUT2D eigenvalue weighted by Crippen LogP contribution is -2.65. The minimum Gasteiger partial charge on any atom is -0.394 e. The molecule has 5 fully saturated rings. The van der Waals surface area contributed by atoms with Gasteiger partial charge in [-0.1, -0.05) is 53.2 Å². The molecule has 0 spiro atoms. The van der Waals surface area contributed by atoms with Crippen LogP contribution in [0, 0.1) is 45.3 Å². The van der Waals surface area contributed by atoms with Crippen molar-refractivity contribution in [2.45, 2.75) is 186 Å². The third-order valence-corrected chi connectivity index (χ3v) is 16.4. The van der Waals surface area contributed by atoms with Crippen LogP contribution < -0.4 is 0 Å². The van der Waals surface area contributed by atoms with Crippen molar-refractivity contribution in [2.24, 2.45) is 45.3 Å². The topological polar surface area (TPSA) is 236 Å². The highest BCUT2D eigenvalue weighted by atomic mass is 16.7. The normalized spacial score (nSPS) is 49.7. The average Bonchev–Trinajstić information content (AvgIpc) is 3.40. The molecule has 6 rings (SSSR count). The molecule has 0 radical (unpaired) electrons. The maximum atomic E-state index is 12.6. The fourth-order valence-corrected chi connectivity index (χ4v) is 12.5. The van der Waals surface area contributed by atoms with Crippen molar-refractivity contribution in [1.82, 2.24) is 0 Å². The van der Waals surface area contributed by atoms with Gasteiger partial charge in [-0.3, -0.25) is 4.79 Å². The summed E-state index contributed by atoms with van der Waals surface area (Å²) >= 11 is 0. The number of ether oxygens (including phenoxy) is 4. The number of hydrogen-bond acceptors (Lipinski definition) is 14. The Morgan fingerprint density at radius 2 is 1.46 bits per heavy atom. The molecule has 2 aliphatic heterocycles. The van der Waals surface area contributed by atoms with Gasteiger partial charge >= 0.3 is 0 Å². The number of ketones is 1. The van der Waals surface area contributed by atoms with E-state index in [1.165, 1.54) is 5.57 Å². The Hall–Kier alpha value is -1.11. The van der Waals surface area contributed by atoms with Crippen LogP contribution in [0.5, 0.6) is 0 Å². The van der Waals surface area contributed by atoms with Gasteiger partial charge in [-0.2, -0.15) is 0 Å². The van der Waals surface area contributed by atoms with E-state index >= 15 is 0 Å². The number of hydrogen-bond donors (Lipinski definition) is 9. The molecule has 2 heterocycles. The van der Waals surface area contributed by atoms with Gasteiger partial charge in [0.15, 0.2) is 18.4 Å². The van der Waals surface area contributed by atoms with Gasteiger partial charge in [0.2, 0.25) is 0 Å². The molecule has 3 saturated carbocycles. The zero-order valence-corrected chi connectivity index (χ0v) is 34.5. The summed E-state index contributed by atoms with van der Waals surface area (Å²) < 4.78 is 23.5. The molecule has 56 heavy (non-hydrogen) atoms. The molecule has 9 N–H and O–H groups in total. The molecule has 14 nitrogen and oxygen atoms in total. The lowest BCUT2D eigenvalue weighted by Gasteiger charge is -2.67. The maximum absolute atomic E-state index is 12.6. The number of allylic oxidation sites excluding steroid dienone is 1. The monoisotopic (exact) mass is 798 g/mol. The first-order valence-corrected chi connectivity index (χ1v) is 20.9. The highest BCUT2D eigenvalue weighted by molar-refractivity contribution is 5.86. The van der Waals surface area contributed by atoms with E-state index in [2.05, 4.69) is 47.6 Å². The summed E-state index contributed by atoms with van der Waals surface area (Å²) in [6, 6.07) is 0. The van der Waals surface area contributed by atoms with Crippen molar-refractivity contribution in [3.05, 3.63) is 11.6 Å². The van der Waals surface area contributed by atoms with Crippen LogP contribution in [0.3, 0.4) is 0 Å². The van der Waals surface area contributed by atoms with Gasteiger partial charge in [-0.15, -0.1) is 0 Å². The Morgan fingerprint density at radius 1 is 0.857 bits per heavy atom. The number of aliphatic hydroxyl groups excluding tert-OH is 8. The molecule has 6 aliphatic rings. The predicted octanol–water partition coefficient (Wildman–Crippen LogP) is 1.33. The molecule has 19 atom stereocenters. The number of aliphatic hydroxyl groups is 9. The molecule has 2 saturated heterocycles. The van der Waals surface area contributed by atoms with Gasteiger partial charge in [0, 0.05) is 17.3 Å². The average molecular weight is 799 g/mol. The van der Waals surface area contributed by atoms with E-state index in [-0.39, 0.29) is 34.4 Å². The lowest BCUT2D eigenvalue weighted by molar-refractivity contribution is -0.340. The van der Waals surface area contributed by atoms with Crippen molar-refractivity contribution in [2.75, 3.05) is 13.2 Å². The van der Waals surface area contributed by atoms with Crippen molar-refractivity contribution in [3.63, 3.8) is 0 Å². The van der Waals surface area contributed by atoms with Crippen LogP contribution in [0.1, 0.15) is 107 Å². The largest absolute Gasteiger partial charge is 0.394 e. The van der Waals surface area contributed by atoms with E-state index in [9.17, 15) is 50.8 Å².